The molecule has 0 fully saturated rings. The molecule has 0 radical (unpaired) electrons. The molecule has 0 aliphatic carbocycles. The predicted octanol–water partition coefficient (Wildman–Crippen LogP) is 2.55. The van der Waals surface area contributed by atoms with Crippen molar-refractivity contribution in [3.63, 3.8) is 0 Å². The second-order valence-corrected chi connectivity index (χ2v) is 5.96. The van der Waals surface area contributed by atoms with E-state index >= 15 is 0 Å². The molecule has 5 heteroatoms. The highest BCUT2D eigenvalue weighted by Gasteiger charge is 2.05. The number of anilines is 2. The van der Waals surface area contributed by atoms with Gasteiger partial charge in [0.15, 0.2) is 0 Å². The van der Waals surface area contributed by atoms with Gasteiger partial charge in [-0.25, -0.2) is 4.98 Å². The van der Waals surface area contributed by atoms with Gasteiger partial charge < -0.3 is 16.0 Å². The van der Waals surface area contributed by atoms with Crippen molar-refractivity contribution in [3.05, 3.63) is 17.1 Å². The number of fused-ring (bicyclic) bond motifs is 1. The molecule has 0 aliphatic heterocycles. The van der Waals surface area contributed by atoms with Gasteiger partial charge in [0.2, 0.25) is 0 Å². The van der Waals surface area contributed by atoms with E-state index < -0.39 is 0 Å². The third kappa shape index (κ3) is 3.11. The number of aromatic nitrogens is 1. The second-order valence-electron chi connectivity index (χ2n) is 4.72. The number of thiazole rings is 1. The van der Waals surface area contributed by atoms with Gasteiger partial charge in [0, 0.05) is 6.54 Å². The van der Waals surface area contributed by atoms with Gasteiger partial charge in [-0.15, -0.1) is 11.3 Å². The van der Waals surface area contributed by atoms with Crippen LogP contribution in [0, 0.1) is 6.92 Å². The Morgan fingerprint density at radius 2 is 2.17 bits per heavy atom. The Labute approximate surface area is 112 Å². The lowest BCUT2D eigenvalue weighted by atomic mass is 10.2. The second kappa shape index (κ2) is 5.54. The maximum atomic E-state index is 6.04. The number of nitrogens with zero attached hydrogens (tertiary/aromatic N) is 2. The predicted molar refractivity (Wildman–Crippen MR) is 80.4 cm³/mol. The molecule has 2 rings (SSSR count). The first-order valence-electron chi connectivity index (χ1n) is 6.11. The molecule has 1 aromatic carbocycles. The summed E-state index contributed by atoms with van der Waals surface area (Å²) in [6.45, 7) is 4.02. The minimum absolute atomic E-state index is 0.802. The van der Waals surface area contributed by atoms with Gasteiger partial charge in [-0.2, -0.15) is 0 Å². The van der Waals surface area contributed by atoms with E-state index in [-0.39, 0.29) is 0 Å². The van der Waals surface area contributed by atoms with Gasteiger partial charge >= 0.3 is 0 Å². The lowest BCUT2D eigenvalue weighted by Crippen LogP contribution is -2.16. The molecule has 0 atom stereocenters. The Kier molecular flexibility index (Phi) is 4.04. The first-order chi connectivity index (χ1) is 8.56. The molecule has 1 aromatic heterocycles. The molecule has 1 heterocycles. The highest BCUT2D eigenvalue weighted by atomic mass is 32.1. The molecule has 4 nitrogen and oxygen atoms in total. The monoisotopic (exact) mass is 264 g/mol. The minimum atomic E-state index is 0.802. The molecule has 0 saturated heterocycles. The summed E-state index contributed by atoms with van der Waals surface area (Å²) in [5.74, 6) is 0. The van der Waals surface area contributed by atoms with Crippen LogP contribution in [0.5, 0.6) is 0 Å². The SMILES string of the molecule is Cc1nc2cc(NCCCN(C)C)c(N)cc2s1. The van der Waals surface area contributed by atoms with Gasteiger partial charge in [-0.05, 0) is 46.1 Å². The molecule has 0 amide bonds. The van der Waals surface area contributed by atoms with E-state index in [1.54, 1.807) is 11.3 Å². The molecule has 18 heavy (non-hydrogen) atoms. The topological polar surface area (TPSA) is 54.2 Å². The van der Waals surface area contributed by atoms with Gasteiger partial charge in [0.05, 0.1) is 26.6 Å². The molecule has 0 unspecified atom stereocenters. The van der Waals surface area contributed by atoms with Crippen molar-refractivity contribution in [1.29, 1.82) is 0 Å². The van der Waals surface area contributed by atoms with Crippen LogP contribution in [0.25, 0.3) is 10.2 Å². The van der Waals surface area contributed by atoms with Gasteiger partial charge in [-0.3, -0.25) is 0 Å². The van der Waals surface area contributed by atoms with Crippen molar-refractivity contribution in [2.75, 3.05) is 38.2 Å². The molecular formula is C13H20N4S. The van der Waals surface area contributed by atoms with Crippen molar-refractivity contribution in [3.8, 4) is 0 Å². The van der Waals surface area contributed by atoms with Gasteiger partial charge in [0.1, 0.15) is 0 Å². The van der Waals surface area contributed by atoms with E-state index in [9.17, 15) is 0 Å². The van der Waals surface area contributed by atoms with Crippen LogP contribution < -0.4 is 11.1 Å². The number of nitrogens with two attached hydrogens (primary N) is 1. The Morgan fingerprint density at radius 3 is 2.89 bits per heavy atom. The summed E-state index contributed by atoms with van der Waals surface area (Å²) in [7, 11) is 4.16. The van der Waals surface area contributed by atoms with E-state index in [0.29, 0.717) is 0 Å². The summed E-state index contributed by atoms with van der Waals surface area (Å²) in [6, 6.07) is 4.05. The number of benzene rings is 1. The van der Waals surface area contributed by atoms with Crippen molar-refractivity contribution in [1.82, 2.24) is 9.88 Å². The zero-order chi connectivity index (χ0) is 13.1. The number of hydrogen-bond donors (Lipinski definition) is 2. The lowest BCUT2D eigenvalue weighted by Gasteiger charge is -2.12. The van der Waals surface area contributed by atoms with Crippen LogP contribution in [0.3, 0.4) is 0 Å². The number of aryl methyl sites for hydroxylation is 1. The Morgan fingerprint density at radius 1 is 1.39 bits per heavy atom. The molecular weight excluding hydrogens is 244 g/mol. The van der Waals surface area contributed by atoms with E-state index in [1.807, 2.05) is 19.1 Å². The van der Waals surface area contributed by atoms with Crippen molar-refractivity contribution < 1.29 is 0 Å². The normalized spacial score (nSPS) is 11.3. The summed E-state index contributed by atoms with van der Waals surface area (Å²) in [5, 5.41) is 4.46. The van der Waals surface area contributed by atoms with Crippen LogP contribution in [0.2, 0.25) is 0 Å². The number of nitrogen functional groups attached to an aromatic ring is 1. The maximum absolute atomic E-state index is 6.04. The largest absolute Gasteiger partial charge is 0.397 e. The van der Waals surface area contributed by atoms with Crippen LogP contribution in [0.15, 0.2) is 12.1 Å². The average Bonchev–Trinajstić information content (AvgIpc) is 2.63. The van der Waals surface area contributed by atoms with Gasteiger partial charge in [-0.1, -0.05) is 0 Å². The van der Waals surface area contributed by atoms with Crippen molar-refractivity contribution in [2.45, 2.75) is 13.3 Å². The fourth-order valence-electron chi connectivity index (χ4n) is 1.88. The Bertz CT molecular complexity index is 533. The van der Waals surface area contributed by atoms with Gasteiger partial charge in [0.25, 0.3) is 0 Å². The maximum Gasteiger partial charge on any atom is 0.0907 e. The van der Waals surface area contributed by atoms with Crippen LogP contribution in [-0.4, -0.2) is 37.1 Å². The van der Waals surface area contributed by atoms with Crippen molar-refractivity contribution >= 4 is 32.9 Å². The molecule has 3 N–H and O–H groups in total. The summed E-state index contributed by atoms with van der Waals surface area (Å²) in [4.78, 5) is 6.66. The molecule has 0 spiro atoms. The van der Waals surface area contributed by atoms with Crippen LogP contribution in [-0.2, 0) is 0 Å². The summed E-state index contributed by atoms with van der Waals surface area (Å²) < 4.78 is 1.16. The molecule has 0 aliphatic rings. The third-order valence-corrected chi connectivity index (χ3v) is 3.70. The summed E-state index contributed by atoms with van der Waals surface area (Å²) in [6.07, 6.45) is 1.10. The Balaban J connectivity index is 2.05. The summed E-state index contributed by atoms with van der Waals surface area (Å²) >= 11 is 1.68. The average molecular weight is 264 g/mol. The fraction of sp³-hybridized carbons (Fsp3) is 0.462. The number of rotatable bonds is 5. The third-order valence-electron chi connectivity index (χ3n) is 2.76. The molecule has 0 bridgehead atoms. The first kappa shape index (κ1) is 13.1. The first-order valence-corrected chi connectivity index (χ1v) is 6.93. The number of nitrogens with one attached hydrogen (secondary N) is 1. The van der Waals surface area contributed by atoms with E-state index in [4.69, 9.17) is 5.73 Å². The van der Waals surface area contributed by atoms with E-state index in [2.05, 4.69) is 29.3 Å². The molecule has 2 aromatic rings. The van der Waals surface area contributed by atoms with Crippen LogP contribution in [0.4, 0.5) is 11.4 Å². The zero-order valence-corrected chi connectivity index (χ0v) is 12.0. The highest BCUT2D eigenvalue weighted by molar-refractivity contribution is 7.18. The fourth-order valence-corrected chi connectivity index (χ4v) is 2.73. The van der Waals surface area contributed by atoms with Crippen LogP contribution in [0.1, 0.15) is 11.4 Å². The van der Waals surface area contributed by atoms with E-state index in [1.165, 1.54) is 0 Å². The lowest BCUT2D eigenvalue weighted by molar-refractivity contribution is 0.405. The highest BCUT2D eigenvalue weighted by Crippen LogP contribution is 2.29. The van der Waals surface area contributed by atoms with E-state index in [0.717, 1.165) is 46.1 Å². The minimum Gasteiger partial charge on any atom is -0.397 e. The number of hydrogen-bond acceptors (Lipinski definition) is 5. The standard InChI is InChI=1S/C13H20N4S/c1-9-16-12-8-11(10(14)7-13(12)18-9)15-5-4-6-17(2)3/h7-8,15H,4-6,14H2,1-3H3. The molecule has 98 valence electrons. The smallest absolute Gasteiger partial charge is 0.0907 e. The zero-order valence-electron chi connectivity index (χ0n) is 11.2. The molecule has 0 saturated carbocycles. The van der Waals surface area contributed by atoms with Crippen LogP contribution >= 0.6 is 11.3 Å². The summed E-state index contributed by atoms with van der Waals surface area (Å²) in [5.41, 5.74) is 8.87. The quantitative estimate of drug-likeness (QED) is 0.644. The Hall–Kier alpha value is -1.33. The van der Waals surface area contributed by atoms with Crippen molar-refractivity contribution in [2.24, 2.45) is 0 Å².